The number of nitrogen functional groups attached to an aromatic ring is 1. The van der Waals surface area contributed by atoms with E-state index in [2.05, 4.69) is 10.6 Å². The fraction of sp³-hybridized carbons (Fsp3) is 0.360. The molecule has 168 valence electrons. The van der Waals surface area contributed by atoms with Crippen LogP contribution in [-0.4, -0.2) is 0 Å². The molecule has 0 heterocycles. The van der Waals surface area contributed by atoms with Crippen molar-refractivity contribution in [2.45, 2.75) is 51.1 Å². The smallest absolute Gasteiger partial charge is 0.253 e. The molecule has 5 nitrogen and oxygen atoms in total. The number of benzene rings is 2. The minimum atomic E-state index is -0.860. The van der Waals surface area contributed by atoms with E-state index in [1.807, 2.05) is 31.2 Å². The van der Waals surface area contributed by atoms with E-state index >= 15 is 0 Å². The molecule has 0 amide bonds. The van der Waals surface area contributed by atoms with Crippen LogP contribution < -0.4 is 27.2 Å². The van der Waals surface area contributed by atoms with Gasteiger partial charge in [0, 0.05) is 17.8 Å². The lowest BCUT2D eigenvalue weighted by atomic mass is 9.80. The summed E-state index contributed by atoms with van der Waals surface area (Å²) >= 11 is 0. The predicted octanol–water partition coefficient (Wildman–Crippen LogP) is 4.86. The highest BCUT2D eigenvalue weighted by molar-refractivity contribution is 5.76. The number of anilines is 3. The zero-order valence-corrected chi connectivity index (χ0v) is 18.0. The summed E-state index contributed by atoms with van der Waals surface area (Å²) in [6.45, 7) is 1.94. The highest BCUT2D eigenvalue weighted by atomic mass is 19.2. The summed E-state index contributed by atoms with van der Waals surface area (Å²) in [5.41, 5.74) is 6.83. The Labute approximate surface area is 185 Å². The van der Waals surface area contributed by atoms with E-state index in [4.69, 9.17) is 5.73 Å². The van der Waals surface area contributed by atoms with Gasteiger partial charge in [-0.3, -0.25) is 9.59 Å². The molecule has 1 aliphatic carbocycles. The number of hydrogen-bond acceptors (Lipinski definition) is 5. The zero-order valence-electron chi connectivity index (χ0n) is 18.0. The van der Waals surface area contributed by atoms with Crippen LogP contribution in [0.1, 0.15) is 62.2 Å². The fourth-order valence-corrected chi connectivity index (χ4v) is 4.61. The maximum absolute atomic E-state index is 13.8. The van der Waals surface area contributed by atoms with Crippen molar-refractivity contribution in [3.63, 3.8) is 0 Å². The molecule has 0 aliphatic heterocycles. The zero-order chi connectivity index (χ0) is 22.8. The first-order valence-corrected chi connectivity index (χ1v) is 11.0. The number of hydrogen-bond donors (Lipinski definition) is 3. The van der Waals surface area contributed by atoms with E-state index in [-0.39, 0.29) is 23.5 Å². The first-order valence-electron chi connectivity index (χ1n) is 11.0. The molecule has 0 bridgehead atoms. The summed E-state index contributed by atoms with van der Waals surface area (Å²) in [5, 5.41) is 6.59. The van der Waals surface area contributed by atoms with Crippen LogP contribution in [0.2, 0.25) is 0 Å². The van der Waals surface area contributed by atoms with Gasteiger partial charge in [-0.05, 0) is 61.1 Å². The second-order valence-corrected chi connectivity index (χ2v) is 8.64. The van der Waals surface area contributed by atoms with E-state index in [0.717, 1.165) is 37.3 Å². The van der Waals surface area contributed by atoms with E-state index in [1.54, 1.807) is 6.07 Å². The van der Waals surface area contributed by atoms with Gasteiger partial charge >= 0.3 is 0 Å². The average Bonchev–Trinajstić information content (AvgIpc) is 2.82. The minimum Gasteiger partial charge on any atom is -0.394 e. The van der Waals surface area contributed by atoms with Crippen LogP contribution in [0.5, 0.6) is 0 Å². The van der Waals surface area contributed by atoms with Crippen molar-refractivity contribution in [2.75, 3.05) is 11.1 Å². The van der Waals surface area contributed by atoms with Crippen LogP contribution in [-0.2, 0) is 0 Å². The molecular weight excluding hydrogens is 412 g/mol. The Morgan fingerprint density at radius 1 is 0.938 bits per heavy atom. The topological polar surface area (TPSA) is 84.2 Å². The van der Waals surface area contributed by atoms with Gasteiger partial charge in [-0.1, -0.05) is 37.5 Å². The van der Waals surface area contributed by atoms with Gasteiger partial charge in [-0.2, -0.15) is 0 Å². The Morgan fingerprint density at radius 2 is 1.69 bits per heavy atom. The standard InChI is InChI=1S/C25H27F2N3O2/c1-14(16-10-11-19(26)20(27)13-16)29-22(15-6-3-2-4-7-15)17-8-5-9-18(12-17)30-23-21(28)24(31)25(23)32/h5,8-15,22,29-30H,2-4,6-7,28H2,1H3. The summed E-state index contributed by atoms with van der Waals surface area (Å²) in [7, 11) is 0. The number of nitrogens with two attached hydrogens (primary N) is 1. The molecule has 0 spiro atoms. The molecule has 0 saturated heterocycles. The van der Waals surface area contributed by atoms with Gasteiger partial charge in [0.1, 0.15) is 11.4 Å². The Balaban J connectivity index is 1.61. The van der Waals surface area contributed by atoms with Crippen molar-refractivity contribution >= 4 is 17.1 Å². The molecule has 3 aromatic carbocycles. The Bertz CT molecular complexity index is 1180. The predicted molar refractivity (Wildman–Crippen MR) is 123 cm³/mol. The van der Waals surface area contributed by atoms with E-state index in [9.17, 15) is 18.4 Å². The van der Waals surface area contributed by atoms with Gasteiger partial charge in [-0.25, -0.2) is 8.78 Å². The number of nitrogens with one attached hydrogen (secondary N) is 2. The summed E-state index contributed by atoms with van der Waals surface area (Å²) in [4.78, 5) is 23.2. The van der Waals surface area contributed by atoms with Crippen LogP contribution in [0.4, 0.5) is 25.8 Å². The maximum Gasteiger partial charge on any atom is 0.253 e. The van der Waals surface area contributed by atoms with Crippen molar-refractivity contribution in [1.29, 1.82) is 0 Å². The minimum absolute atomic E-state index is 0.00906. The van der Waals surface area contributed by atoms with Crippen molar-refractivity contribution < 1.29 is 8.78 Å². The van der Waals surface area contributed by atoms with Gasteiger partial charge < -0.3 is 16.4 Å². The molecule has 4 N–H and O–H groups in total. The van der Waals surface area contributed by atoms with Crippen LogP contribution in [0.25, 0.3) is 0 Å². The van der Waals surface area contributed by atoms with Gasteiger partial charge in [-0.15, -0.1) is 0 Å². The third kappa shape index (κ3) is 4.43. The Kier molecular flexibility index (Phi) is 6.37. The molecule has 3 aromatic rings. The number of rotatable bonds is 7. The van der Waals surface area contributed by atoms with E-state index in [1.165, 1.54) is 12.5 Å². The van der Waals surface area contributed by atoms with Gasteiger partial charge in [0.2, 0.25) is 0 Å². The quantitative estimate of drug-likeness (QED) is 0.458. The fourth-order valence-electron chi connectivity index (χ4n) is 4.61. The van der Waals surface area contributed by atoms with Crippen molar-refractivity contribution in [1.82, 2.24) is 5.32 Å². The lowest BCUT2D eigenvalue weighted by Gasteiger charge is -2.34. The lowest BCUT2D eigenvalue weighted by Crippen LogP contribution is -2.36. The summed E-state index contributed by atoms with van der Waals surface area (Å²) in [6.07, 6.45) is 5.67. The van der Waals surface area contributed by atoms with Gasteiger partial charge in [0.15, 0.2) is 11.6 Å². The van der Waals surface area contributed by atoms with Crippen LogP contribution in [0.3, 0.4) is 0 Å². The first-order chi connectivity index (χ1) is 15.3. The van der Waals surface area contributed by atoms with Gasteiger partial charge in [0.25, 0.3) is 10.9 Å². The monoisotopic (exact) mass is 439 g/mol. The van der Waals surface area contributed by atoms with Crippen LogP contribution in [0.15, 0.2) is 52.1 Å². The first kappa shape index (κ1) is 22.1. The largest absolute Gasteiger partial charge is 0.394 e. The third-order valence-corrected chi connectivity index (χ3v) is 6.46. The second-order valence-electron chi connectivity index (χ2n) is 8.64. The molecular formula is C25H27F2N3O2. The molecule has 1 aliphatic rings. The highest BCUT2D eigenvalue weighted by Gasteiger charge is 2.27. The Hall–Kier alpha value is -3.06. The molecule has 7 heteroatoms. The Morgan fingerprint density at radius 3 is 2.38 bits per heavy atom. The second kappa shape index (κ2) is 9.20. The molecule has 1 fully saturated rings. The average molecular weight is 440 g/mol. The molecule has 2 unspecified atom stereocenters. The summed E-state index contributed by atoms with van der Waals surface area (Å²) < 4.78 is 27.2. The SMILES string of the molecule is CC(NC(c1cccc(Nc2c(N)c(=O)c2=O)c1)C1CCCCC1)c1ccc(F)c(F)c1. The van der Waals surface area contributed by atoms with Crippen molar-refractivity contribution in [3.8, 4) is 0 Å². The lowest BCUT2D eigenvalue weighted by molar-refractivity contribution is 0.257. The van der Waals surface area contributed by atoms with Crippen molar-refractivity contribution in [3.05, 3.63) is 85.7 Å². The normalized spacial score (nSPS) is 16.7. The summed E-state index contributed by atoms with van der Waals surface area (Å²) in [5.74, 6) is -1.33. The highest BCUT2D eigenvalue weighted by Crippen LogP contribution is 2.37. The molecule has 32 heavy (non-hydrogen) atoms. The number of halogens is 2. The summed E-state index contributed by atoms with van der Waals surface area (Å²) in [6, 6.07) is 11.4. The van der Waals surface area contributed by atoms with Crippen LogP contribution >= 0.6 is 0 Å². The van der Waals surface area contributed by atoms with E-state index < -0.39 is 22.5 Å². The molecule has 1 saturated carbocycles. The maximum atomic E-state index is 13.8. The van der Waals surface area contributed by atoms with Gasteiger partial charge in [0.05, 0.1) is 0 Å². The van der Waals surface area contributed by atoms with Crippen molar-refractivity contribution in [2.24, 2.45) is 5.92 Å². The molecule has 4 rings (SSSR count). The van der Waals surface area contributed by atoms with E-state index in [0.29, 0.717) is 17.2 Å². The van der Waals surface area contributed by atoms with Crippen LogP contribution in [0, 0.1) is 17.6 Å². The molecule has 0 aromatic heterocycles. The molecule has 2 atom stereocenters. The molecule has 0 radical (unpaired) electrons. The third-order valence-electron chi connectivity index (χ3n) is 6.46.